The Kier molecular flexibility index (Phi) is 4.24. The maximum absolute atomic E-state index is 12.1. The normalized spacial score (nSPS) is 10.7. The zero-order valence-electron chi connectivity index (χ0n) is 12.7. The average molecular weight is 308 g/mol. The lowest BCUT2D eigenvalue weighted by atomic mass is 10.1. The third-order valence-corrected chi connectivity index (χ3v) is 3.65. The van der Waals surface area contributed by atoms with E-state index in [0.29, 0.717) is 16.9 Å². The van der Waals surface area contributed by atoms with Gasteiger partial charge >= 0.3 is 5.63 Å². The van der Waals surface area contributed by atoms with Gasteiger partial charge in [0.15, 0.2) is 12.4 Å². The molecule has 4 nitrogen and oxygen atoms in total. The molecule has 0 amide bonds. The van der Waals surface area contributed by atoms with Crippen molar-refractivity contribution in [1.29, 1.82) is 0 Å². The molecule has 116 valence electrons. The van der Waals surface area contributed by atoms with E-state index in [4.69, 9.17) is 9.15 Å². The molecule has 0 spiro atoms. The number of Topliss-reactive ketones (excluding diaryl/α,β-unsaturated/α-hetero) is 1. The van der Waals surface area contributed by atoms with Crippen LogP contribution in [0, 0.1) is 0 Å². The number of aryl methyl sites for hydroxylation is 1. The Labute approximate surface area is 133 Å². The van der Waals surface area contributed by atoms with Gasteiger partial charge in [0, 0.05) is 23.1 Å². The minimum absolute atomic E-state index is 0.0615. The van der Waals surface area contributed by atoms with Crippen LogP contribution in [-0.4, -0.2) is 12.4 Å². The first-order valence-electron chi connectivity index (χ1n) is 7.44. The number of carbonyl (C=O) groups is 1. The van der Waals surface area contributed by atoms with E-state index in [1.54, 1.807) is 24.3 Å². The highest BCUT2D eigenvalue weighted by atomic mass is 16.5. The molecule has 1 aromatic heterocycles. The molecule has 0 atom stereocenters. The molecule has 0 saturated heterocycles. The second kappa shape index (κ2) is 6.48. The number of carbonyl (C=O) groups excluding carboxylic acids is 1. The molecule has 0 bridgehead atoms. The maximum atomic E-state index is 12.1. The molecule has 3 rings (SSSR count). The number of ether oxygens (including phenoxy) is 1. The zero-order valence-corrected chi connectivity index (χ0v) is 12.7. The third kappa shape index (κ3) is 3.48. The summed E-state index contributed by atoms with van der Waals surface area (Å²) in [4.78, 5) is 23.4. The van der Waals surface area contributed by atoms with Crippen molar-refractivity contribution in [3.05, 3.63) is 76.1 Å². The molecule has 0 aliphatic carbocycles. The number of hydrogen-bond donors (Lipinski definition) is 0. The molecule has 2 aromatic carbocycles. The van der Waals surface area contributed by atoms with Crippen LogP contribution in [0.15, 0.2) is 63.8 Å². The monoisotopic (exact) mass is 308 g/mol. The summed E-state index contributed by atoms with van der Waals surface area (Å²) in [6, 6.07) is 15.7. The second-order valence-electron chi connectivity index (χ2n) is 5.22. The Morgan fingerprint density at radius 3 is 2.52 bits per heavy atom. The topological polar surface area (TPSA) is 56.5 Å². The minimum Gasteiger partial charge on any atom is -0.485 e. The molecule has 0 aliphatic heterocycles. The summed E-state index contributed by atoms with van der Waals surface area (Å²) in [6.07, 6.45) is 0.938. The first kappa shape index (κ1) is 15.0. The lowest BCUT2D eigenvalue weighted by Crippen LogP contribution is -2.11. The molecule has 0 N–H and O–H groups in total. The highest BCUT2D eigenvalue weighted by Crippen LogP contribution is 2.19. The summed E-state index contributed by atoms with van der Waals surface area (Å²) >= 11 is 0. The standard InChI is InChI=1S/C19H16O4/c1-2-13-3-5-14(6-4-13)17(20)12-22-16-9-7-15-8-10-19(21)23-18(15)11-16/h3-11H,2,12H2,1H3. The largest absolute Gasteiger partial charge is 0.485 e. The van der Waals surface area contributed by atoms with Gasteiger partial charge in [-0.15, -0.1) is 0 Å². The molecular weight excluding hydrogens is 292 g/mol. The highest BCUT2D eigenvalue weighted by Gasteiger charge is 2.08. The van der Waals surface area contributed by atoms with Crippen LogP contribution in [0.5, 0.6) is 5.75 Å². The molecule has 0 unspecified atom stereocenters. The van der Waals surface area contributed by atoms with E-state index < -0.39 is 5.63 Å². The van der Waals surface area contributed by atoms with E-state index in [1.165, 1.54) is 11.6 Å². The van der Waals surface area contributed by atoms with Crippen molar-refractivity contribution in [2.45, 2.75) is 13.3 Å². The van der Waals surface area contributed by atoms with Crippen LogP contribution in [0.3, 0.4) is 0 Å². The Balaban J connectivity index is 1.71. The van der Waals surface area contributed by atoms with Gasteiger partial charge in [-0.25, -0.2) is 4.79 Å². The van der Waals surface area contributed by atoms with Gasteiger partial charge in [-0.05, 0) is 30.2 Å². The van der Waals surface area contributed by atoms with Gasteiger partial charge in [0.05, 0.1) is 0 Å². The number of rotatable bonds is 5. The van der Waals surface area contributed by atoms with Gasteiger partial charge in [0.25, 0.3) is 0 Å². The van der Waals surface area contributed by atoms with Gasteiger partial charge in [-0.1, -0.05) is 31.2 Å². The molecule has 4 heteroatoms. The van der Waals surface area contributed by atoms with E-state index in [-0.39, 0.29) is 12.4 Å². The molecule has 3 aromatic rings. The van der Waals surface area contributed by atoms with Gasteiger partial charge in [-0.2, -0.15) is 0 Å². The average Bonchev–Trinajstić information content (AvgIpc) is 2.59. The summed E-state index contributed by atoms with van der Waals surface area (Å²) in [7, 11) is 0. The zero-order chi connectivity index (χ0) is 16.2. The van der Waals surface area contributed by atoms with Crippen molar-refractivity contribution in [2.75, 3.05) is 6.61 Å². The number of fused-ring (bicyclic) bond motifs is 1. The molecular formula is C19H16O4. The quantitative estimate of drug-likeness (QED) is 0.533. The van der Waals surface area contributed by atoms with Crippen LogP contribution >= 0.6 is 0 Å². The van der Waals surface area contributed by atoms with E-state index in [0.717, 1.165) is 11.8 Å². The van der Waals surface area contributed by atoms with Crippen molar-refractivity contribution in [1.82, 2.24) is 0 Å². The summed E-state index contributed by atoms with van der Waals surface area (Å²) in [5, 5.41) is 0.804. The molecule has 23 heavy (non-hydrogen) atoms. The fraction of sp³-hybridized carbons (Fsp3) is 0.158. The fourth-order valence-corrected chi connectivity index (χ4v) is 2.29. The van der Waals surface area contributed by atoms with E-state index in [2.05, 4.69) is 6.92 Å². The summed E-state index contributed by atoms with van der Waals surface area (Å²) in [5.74, 6) is 0.396. The van der Waals surface area contributed by atoms with Gasteiger partial charge < -0.3 is 9.15 Å². The number of benzene rings is 2. The molecule has 0 radical (unpaired) electrons. The van der Waals surface area contributed by atoms with Crippen molar-refractivity contribution in [2.24, 2.45) is 0 Å². The Hall–Kier alpha value is -2.88. The maximum Gasteiger partial charge on any atom is 0.336 e. The Morgan fingerprint density at radius 2 is 1.78 bits per heavy atom. The lowest BCUT2D eigenvalue weighted by Gasteiger charge is -2.07. The van der Waals surface area contributed by atoms with Crippen LogP contribution in [0.1, 0.15) is 22.8 Å². The number of hydrogen-bond acceptors (Lipinski definition) is 4. The van der Waals surface area contributed by atoms with Crippen LogP contribution in [0.25, 0.3) is 11.0 Å². The first-order chi connectivity index (χ1) is 11.2. The smallest absolute Gasteiger partial charge is 0.336 e. The van der Waals surface area contributed by atoms with Crippen molar-refractivity contribution >= 4 is 16.8 Å². The predicted molar refractivity (Wildman–Crippen MR) is 88.1 cm³/mol. The van der Waals surface area contributed by atoms with E-state index >= 15 is 0 Å². The first-order valence-corrected chi connectivity index (χ1v) is 7.44. The van der Waals surface area contributed by atoms with Crippen molar-refractivity contribution in [3.8, 4) is 5.75 Å². The highest BCUT2D eigenvalue weighted by molar-refractivity contribution is 5.97. The molecule has 1 heterocycles. The van der Waals surface area contributed by atoms with Crippen LogP contribution in [-0.2, 0) is 6.42 Å². The third-order valence-electron chi connectivity index (χ3n) is 3.65. The van der Waals surface area contributed by atoms with Gasteiger partial charge in [0.2, 0.25) is 0 Å². The molecule has 0 fully saturated rings. The lowest BCUT2D eigenvalue weighted by molar-refractivity contribution is 0.0921. The summed E-state index contributed by atoms with van der Waals surface area (Å²) in [6.45, 7) is 2.01. The van der Waals surface area contributed by atoms with Gasteiger partial charge in [-0.3, -0.25) is 4.79 Å². The molecule has 0 aliphatic rings. The Bertz CT molecular complexity index is 891. The minimum atomic E-state index is -0.415. The fourth-order valence-electron chi connectivity index (χ4n) is 2.29. The van der Waals surface area contributed by atoms with Gasteiger partial charge in [0.1, 0.15) is 11.3 Å². The predicted octanol–water partition coefficient (Wildman–Crippen LogP) is 3.62. The summed E-state index contributed by atoms with van der Waals surface area (Å²) < 4.78 is 10.6. The van der Waals surface area contributed by atoms with Crippen LogP contribution < -0.4 is 10.4 Å². The Morgan fingerprint density at radius 1 is 1.04 bits per heavy atom. The van der Waals surface area contributed by atoms with E-state index in [9.17, 15) is 9.59 Å². The number of ketones is 1. The van der Waals surface area contributed by atoms with Crippen LogP contribution in [0.2, 0.25) is 0 Å². The van der Waals surface area contributed by atoms with E-state index in [1.807, 2.05) is 24.3 Å². The van der Waals surface area contributed by atoms with Crippen LogP contribution in [0.4, 0.5) is 0 Å². The summed E-state index contributed by atoms with van der Waals surface area (Å²) in [5.41, 5.74) is 1.83. The molecule has 0 saturated carbocycles. The van der Waals surface area contributed by atoms with Crippen molar-refractivity contribution in [3.63, 3.8) is 0 Å². The van der Waals surface area contributed by atoms with Crippen molar-refractivity contribution < 1.29 is 13.9 Å². The second-order valence-corrected chi connectivity index (χ2v) is 5.22. The SMILES string of the molecule is CCc1ccc(C(=O)COc2ccc3ccc(=O)oc3c2)cc1.